The molecule has 1 N–H and O–H groups in total. The molecule has 0 unspecified atom stereocenters. The number of hydrogen-bond acceptors (Lipinski definition) is 4. The average Bonchev–Trinajstić information content (AvgIpc) is 3.45. The van der Waals surface area contributed by atoms with E-state index in [2.05, 4.69) is 5.32 Å². The maximum atomic E-state index is 13.4. The molecule has 7 nitrogen and oxygen atoms in total. The van der Waals surface area contributed by atoms with Gasteiger partial charge in [0.2, 0.25) is 11.9 Å². The van der Waals surface area contributed by atoms with Crippen molar-refractivity contribution < 1.29 is 14.3 Å². The summed E-state index contributed by atoms with van der Waals surface area (Å²) in [5.41, 5.74) is 3.09. The van der Waals surface area contributed by atoms with E-state index in [1.807, 2.05) is 35.8 Å². The van der Waals surface area contributed by atoms with Gasteiger partial charge in [0.1, 0.15) is 6.04 Å². The lowest BCUT2D eigenvalue weighted by molar-refractivity contribution is -0.124. The van der Waals surface area contributed by atoms with Gasteiger partial charge in [-0.15, -0.1) is 0 Å². The minimum Gasteiger partial charge on any atom is -0.376 e. The number of nitrogens with zero attached hydrogens (tertiary/aromatic N) is 3. The number of amides is 2. The van der Waals surface area contributed by atoms with Crippen LogP contribution in [0.15, 0.2) is 42.5 Å². The molecule has 3 heterocycles. The van der Waals surface area contributed by atoms with Crippen molar-refractivity contribution >= 4 is 46.1 Å². The summed E-state index contributed by atoms with van der Waals surface area (Å²) in [4.78, 5) is 32.7. The van der Waals surface area contributed by atoms with Crippen LogP contribution in [0.5, 0.6) is 0 Å². The van der Waals surface area contributed by atoms with E-state index in [9.17, 15) is 9.59 Å². The Hall–Kier alpha value is -2.90. The number of halogens is 1. The number of aromatic nitrogens is 2. The number of benzene rings is 2. The molecule has 1 aromatic heterocycles. The average molecular weight is 439 g/mol. The minimum atomic E-state index is -0.650. The van der Waals surface area contributed by atoms with Crippen molar-refractivity contribution in [2.45, 2.75) is 38.3 Å². The number of rotatable bonds is 5. The fourth-order valence-corrected chi connectivity index (χ4v) is 4.55. The van der Waals surface area contributed by atoms with Crippen molar-refractivity contribution in [3.8, 4) is 0 Å². The van der Waals surface area contributed by atoms with Crippen LogP contribution in [0.3, 0.4) is 0 Å². The molecule has 2 atom stereocenters. The second-order valence-corrected chi connectivity index (χ2v) is 8.44. The van der Waals surface area contributed by atoms with Gasteiger partial charge in [-0.05, 0) is 49.6 Å². The number of anilines is 2. The second kappa shape index (κ2) is 7.98. The highest BCUT2D eigenvalue weighted by atomic mass is 35.5. The molecule has 0 spiro atoms. The predicted molar refractivity (Wildman–Crippen MR) is 120 cm³/mol. The molecule has 8 heteroatoms. The molecule has 1 saturated heterocycles. The monoisotopic (exact) mass is 438 g/mol. The van der Waals surface area contributed by atoms with E-state index < -0.39 is 6.04 Å². The maximum absolute atomic E-state index is 13.4. The summed E-state index contributed by atoms with van der Waals surface area (Å²) in [6.07, 6.45) is 1.93. The zero-order valence-electron chi connectivity index (χ0n) is 17.2. The van der Waals surface area contributed by atoms with Crippen LogP contribution < -0.4 is 10.2 Å². The quantitative estimate of drug-likeness (QED) is 0.650. The molecular formula is C23H23ClN4O3. The molecule has 1 fully saturated rings. The third-order valence-electron chi connectivity index (χ3n) is 6.01. The van der Waals surface area contributed by atoms with Crippen molar-refractivity contribution in [1.29, 1.82) is 0 Å². The molecule has 0 aliphatic carbocycles. The third-order valence-corrected chi connectivity index (χ3v) is 6.42. The fourth-order valence-electron chi connectivity index (χ4n) is 4.38. The van der Waals surface area contributed by atoms with Gasteiger partial charge in [0.05, 0.1) is 30.1 Å². The van der Waals surface area contributed by atoms with Crippen LogP contribution in [0.1, 0.15) is 30.9 Å². The topological polar surface area (TPSA) is 76.5 Å². The number of hydrogen-bond donors (Lipinski definition) is 1. The molecule has 2 aliphatic heterocycles. The summed E-state index contributed by atoms with van der Waals surface area (Å²) in [6.45, 7) is 3.02. The minimum absolute atomic E-state index is 0.00102. The Morgan fingerprint density at radius 3 is 2.90 bits per heavy atom. The molecule has 2 aromatic carbocycles. The highest BCUT2D eigenvalue weighted by Gasteiger charge is 2.42. The van der Waals surface area contributed by atoms with E-state index in [1.165, 1.54) is 0 Å². The Balaban J connectivity index is 1.44. The van der Waals surface area contributed by atoms with Gasteiger partial charge >= 0.3 is 0 Å². The molecule has 0 saturated carbocycles. The van der Waals surface area contributed by atoms with Crippen molar-refractivity contribution in [3.05, 3.63) is 53.1 Å². The number of nitrogens with one attached hydrogen (secondary N) is 1. The lowest BCUT2D eigenvalue weighted by Crippen LogP contribution is -2.37. The summed E-state index contributed by atoms with van der Waals surface area (Å²) in [7, 11) is 0. The van der Waals surface area contributed by atoms with Crippen LogP contribution in [0.25, 0.3) is 11.0 Å². The molecular weight excluding hydrogens is 416 g/mol. The van der Waals surface area contributed by atoms with E-state index in [-0.39, 0.29) is 24.3 Å². The van der Waals surface area contributed by atoms with E-state index in [1.54, 1.807) is 23.1 Å². The summed E-state index contributed by atoms with van der Waals surface area (Å²) in [5, 5.41) is 3.49. The maximum Gasteiger partial charge on any atom is 0.253 e. The van der Waals surface area contributed by atoms with Gasteiger partial charge in [-0.25, -0.2) is 4.98 Å². The normalized spacial score (nSPS) is 20.5. The molecule has 0 radical (unpaired) electrons. The van der Waals surface area contributed by atoms with E-state index in [0.717, 1.165) is 29.4 Å². The van der Waals surface area contributed by atoms with Crippen molar-refractivity contribution in [3.63, 3.8) is 0 Å². The SMILES string of the molecule is Cc1c(Cl)cccc1NC(=O)C[C@H]1C(=O)N(C[C@H]2CCCO2)c2nc3ccccc3n21. The largest absolute Gasteiger partial charge is 0.376 e. The zero-order chi connectivity index (χ0) is 21.5. The Kier molecular flexibility index (Phi) is 5.16. The number of para-hydroxylation sites is 2. The van der Waals surface area contributed by atoms with Gasteiger partial charge in [0, 0.05) is 17.3 Å². The molecule has 0 bridgehead atoms. The Morgan fingerprint density at radius 2 is 2.10 bits per heavy atom. The van der Waals surface area contributed by atoms with Gasteiger partial charge in [0.25, 0.3) is 5.91 Å². The van der Waals surface area contributed by atoms with Crippen molar-refractivity contribution in [2.75, 3.05) is 23.4 Å². The molecule has 2 aliphatic rings. The highest BCUT2D eigenvalue weighted by molar-refractivity contribution is 6.31. The van der Waals surface area contributed by atoms with Crippen LogP contribution in [0, 0.1) is 6.92 Å². The molecule has 3 aromatic rings. The first-order chi connectivity index (χ1) is 15.0. The third kappa shape index (κ3) is 3.58. The number of carbonyl (C=O) groups is 2. The number of carbonyl (C=O) groups excluding carboxylic acids is 2. The zero-order valence-corrected chi connectivity index (χ0v) is 17.9. The number of ether oxygens (including phenoxy) is 1. The van der Waals surface area contributed by atoms with E-state index in [4.69, 9.17) is 21.3 Å². The van der Waals surface area contributed by atoms with E-state index >= 15 is 0 Å². The van der Waals surface area contributed by atoms with Crippen molar-refractivity contribution in [2.24, 2.45) is 0 Å². The summed E-state index contributed by atoms with van der Waals surface area (Å²) < 4.78 is 7.64. The molecule has 5 rings (SSSR count). The summed E-state index contributed by atoms with van der Waals surface area (Å²) in [5.74, 6) is 0.214. The Morgan fingerprint density at radius 1 is 1.26 bits per heavy atom. The van der Waals surface area contributed by atoms with E-state index in [0.29, 0.717) is 29.8 Å². The lowest BCUT2D eigenvalue weighted by Gasteiger charge is -2.19. The Labute approximate surface area is 184 Å². The summed E-state index contributed by atoms with van der Waals surface area (Å²) >= 11 is 6.17. The molecule has 160 valence electrons. The van der Waals surface area contributed by atoms with Crippen LogP contribution in [-0.4, -0.2) is 40.6 Å². The molecule has 31 heavy (non-hydrogen) atoms. The van der Waals surface area contributed by atoms with Gasteiger partial charge in [0.15, 0.2) is 0 Å². The standard InChI is InChI=1S/C23H23ClN4O3/c1-14-16(24)7-4-9-17(14)25-21(29)12-20-22(30)27(13-15-6-5-11-31-15)23-26-18-8-2-3-10-19(18)28(20)23/h2-4,7-10,15,20H,5-6,11-13H2,1H3,(H,25,29)/t15-,20+/m1/s1. The van der Waals surface area contributed by atoms with Crippen LogP contribution in [-0.2, 0) is 14.3 Å². The number of imidazole rings is 1. The molecule has 2 amide bonds. The van der Waals surface area contributed by atoms with Gasteiger partial charge < -0.3 is 10.1 Å². The first-order valence-electron chi connectivity index (χ1n) is 10.5. The second-order valence-electron chi connectivity index (χ2n) is 8.03. The fraction of sp³-hybridized carbons (Fsp3) is 0.348. The number of fused-ring (bicyclic) bond motifs is 3. The van der Waals surface area contributed by atoms with Crippen LogP contribution in [0.2, 0.25) is 5.02 Å². The predicted octanol–water partition coefficient (Wildman–Crippen LogP) is 4.09. The highest BCUT2D eigenvalue weighted by Crippen LogP contribution is 2.37. The van der Waals surface area contributed by atoms with Crippen molar-refractivity contribution in [1.82, 2.24) is 9.55 Å². The van der Waals surface area contributed by atoms with Crippen LogP contribution in [0.4, 0.5) is 11.6 Å². The Bertz CT molecular complexity index is 1170. The smallest absolute Gasteiger partial charge is 0.253 e. The van der Waals surface area contributed by atoms with Gasteiger partial charge in [-0.3, -0.25) is 19.1 Å². The van der Waals surface area contributed by atoms with Gasteiger partial charge in [-0.1, -0.05) is 29.8 Å². The summed E-state index contributed by atoms with van der Waals surface area (Å²) in [6, 6.07) is 12.4. The van der Waals surface area contributed by atoms with Gasteiger partial charge in [-0.2, -0.15) is 0 Å². The first kappa shape index (κ1) is 20.0. The first-order valence-corrected chi connectivity index (χ1v) is 10.9. The van der Waals surface area contributed by atoms with Crippen LogP contribution >= 0.6 is 11.6 Å². The lowest BCUT2D eigenvalue weighted by atomic mass is 10.1.